The zero-order valence-corrected chi connectivity index (χ0v) is 14.7. The van der Waals surface area contributed by atoms with Gasteiger partial charge in [-0.25, -0.2) is 0 Å². The first kappa shape index (κ1) is 17.6. The molecule has 0 spiro atoms. The fourth-order valence-electron chi connectivity index (χ4n) is 3.51. The van der Waals surface area contributed by atoms with Gasteiger partial charge >= 0.3 is 0 Å². The first-order valence-electron chi connectivity index (χ1n) is 8.83. The van der Waals surface area contributed by atoms with E-state index in [2.05, 4.69) is 4.90 Å². The van der Waals surface area contributed by atoms with Crippen molar-refractivity contribution >= 4 is 10.2 Å². The van der Waals surface area contributed by atoms with E-state index in [0.717, 1.165) is 45.3 Å². The van der Waals surface area contributed by atoms with Gasteiger partial charge in [0.05, 0.1) is 25.9 Å². The van der Waals surface area contributed by atoms with Crippen LogP contribution in [0.4, 0.5) is 0 Å². The van der Waals surface area contributed by atoms with E-state index in [4.69, 9.17) is 9.47 Å². The van der Waals surface area contributed by atoms with E-state index in [0.29, 0.717) is 46.0 Å². The quantitative estimate of drug-likeness (QED) is 0.708. The monoisotopic (exact) mass is 347 g/mol. The van der Waals surface area contributed by atoms with Crippen molar-refractivity contribution in [2.45, 2.75) is 31.8 Å². The lowest BCUT2D eigenvalue weighted by Gasteiger charge is -2.27. The number of rotatable bonds is 5. The minimum atomic E-state index is -3.25. The van der Waals surface area contributed by atoms with Gasteiger partial charge in [-0.2, -0.15) is 17.0 Å². The second kappa shape index (κ2) is 8.22. The highest BCUT2D eigenvalue weighted by atomic mass is 32.2. The summed E-state index contributed by atoms with van der Waals surface area (Å²) in [5.74, 6) is 0. The number of hydrogen-bond donors (Lipinski definition) is 0. The Balaban J connectivity index is 1.46. The molecule has 3 heterocycles. The third-order valence-electron chi connectivity index (χ3n) is 4.92. The molecule has 1 unspecified atom stereocenters. The standard InChI is InChI=1S/C15H29N3O4S/c19-23(20,17-6-1-2-7-17)18-8-3-5-16(10-11-18)9-4-15-14-21-12-13-22-15/h15H,1-14H2. The van der Waals surface area contributed by atoms with Crippen LogP contribution >= 0.6 is 0 Å². The molecule has 0 radical (unpaired) electrons. The van der Waals surface area contributed by atoms with E-state index in [1.54, 1.807) is 8.61 Å². The van der Waals surface area contributed by atoms with Crippen LogP contribution in [0.15, 0.2) is 0 Å². The second-order valence-corrected chi connectivity index (χ2v) is 8.49. The Bertz CT molecular complexity index is 461. The van der Waals surface area contributed by atoms with Gasteiger partial charge in [0.2, 0.25) is 0 Å². The molecule has 0 bridgehead atoms. The summed E-state index contributed by atoms with van der Waals surface area (Å²) >= 11 is 0. The lowest BCUT2D eigenvalue weighted by atomic mass is 10.2. The topological polar surface area (TPSA) is 62.3 Å². The molecule has 3 saturated heterocycles. The van der Waals surface area contributed by atoms with Crippen molar-refractivity contribution in [3.8, 4) is 0 Å². The predicted octanol–water partition coefficient (Wildman–Crippen LogP) is 0.140. The highest BCUT2D eigenvalue weighted by Crippen LogP contribution is 2.18. The third-order valence-corrected chi connectivity index (χ3v) is 6.95. The minimum Gasteiger partial charge on any atom is -0.376 e. The molecule has 0 aromatic carbocycles. The zero-order valence-electron chi connectivity index (χ0n) is 13.9. The number of ether oxygens (including phenoxy) is 2. The Morgan fingerprint density at radius 3 is 2.35 bits per heavy atom. The SMILES string of the molecule is O=S(=O)(N1CCCC1)N1CCCN(CCC2COCCO2)CC1. The molecule has 3 aliphatic heterocycles. The molecule has 3 aliphatic rings. The summed E-state index contributed by atoms with van der Waals surface area (Å²) in [6.07, 6.45) is 4.02. The number of hydrogen-bond acceptors (Lipinski definition) is 5. The molecule has 8 heteroatoms. The Morgan fingerprint density at radius 2 is 1.61 bits per heavy atom. The average molecular weight is 347 g/mol. The Morgan fingerprint density at radius 1 is 0.870 bits per heavy atom. The molecule has 0 aromatic rings. The highest BCUT2D eigenvalue weighted by Gasteiger charge is 2.32. The summed E-state index contributed by atoms with van der Waals surface area (Å²) in [7, 11) is -3.25. The lowest BCUT2D eigenvalue weighted by molar-refractivity contribution is -0.0925. The Labute approximate surface area is 139 Å². The molecule has 0 N–H and O–H groups in total. The van der Waals surface area contributed by atoms with Crippen LogP contribution in [0.25, 0.3) is 0 Å². The summed E-state index contributed by atoms with van der Waals surface area (Å²) in [5.41, 5.74) is 0. The van der Waals surface area contributed by atoms with Crippen molar-refractivity contribution < 1.29 is 17.9 Å². The van der Waals surface area contributed by atoms with Crippen LogP contribution in [-0.4, -0.2) is 93.7 Å². The second-order valence-electron chi connectivity index (χ2n) is 6.56. The fraction of sp³-hybridized carbons (Fsp3) is 1.00. The van der Waals surface area contributed by atoms with Gasteiger partial charge in [-0.1, -0.05) is 0 Å². The summed E-state index contributed by atoms with van der Waals surface area (Å²) in [4.78, 5) is 2.36. The van der Waals surface area contributed by atoms with E-state index in [9.17, 15) is 8.42 Å². The molecule has 0 saturated carbocycles. The lowest BCUT2D eigenvalue weighted by Crippen LogP contribution is -2.44. The maximum absolute atomic E-state index is 12.6. The van der Waals surface area contributed by atoms with E-state index in [1.807, 2.05) is 0 Å². The van der Waals surface area contributed by atoms with Crippen molar-refractivity contribution in [3.05, 3.63) is 0 Å². The Hall–Kier alpha value is -0.250. The average Bonchev–Trinajstić information content (AvgIpc) is 3.01. The maximum Gasteiger partial charge on any atom is 0.282 e. The van der Waals surface area contributed by atoms with Gasteiger partial charge in [-0.05, 0) is 32.2 Å². The Kier molecular flexibility index (Phi) is 6.28. The molecule has 1 atom stereocenters. The molecular weight excluding hydrogens is 318 g/mol. The van der Waals surface area contributed by atoms with Crippen LogP contribution in [0.5, 0.6) is 0 Å². The molecule has 7 nitrogen and oxygen atoms in total. The maximum atomic E-state index is 12.6. The van der Waals surface area contributed by atoms with Gasteiger partial charge in [0.1, 0.15) is 0 Å². The molecule has 0 aliphatic carbocycles. The molecule has 0 amide bonds. The van der Waals surface area contributed by atoms with Gasteiger partial charge in [-0.3, -0.25) is 0 Å². The van der Waals surface area contributed by atoms with Crippen LogP contribution < -0.4 is 0 Å². The van der Waals surface area contributed by atoms with E-state index < -0.39 is 10.2 Å². The minimum absolute atomic E-state index is 0.191. The third kappa shape index (κ3) is 4.64. The van der Waals surface area contributed by atoms with Gasteiger partial charge in [0, 0.05) is 39.3 Å². The molecule has 0 aromatic heterocycles. The molecule has 3 rings (SSSR count). The molecule has 3 fully saturated rings. The van der Waals surface area contributed by atoms with Gasteiger partial charge in [0.15, 0.2) is 0 Å². The molecule has 134 valence electrons. The van der Waals surface area contributed by atoms with E-state index >= 15 is 0 Å². The van der Waals surface area contributed by atoms with Crippen LogP contribution in [-0.2, 0) is 19.7 Å². The van der Waals surface area contributed by atoms with Gasteiger partial charge < -0.3 is 14.4 Å². The summed E-state index contributed by atoms with van der Waals surface area (Å²) in [5, 5.41) is 0. The van der Waals surface area contributed by atoms with Gasteiger partial charge in [0.25, 0.3) is 10.2 Å². The predicted molar refractivity (Wildman–Crippen MR) is 87.5 cm³/mol. The number of nitrogens with zero attached hydrogens (tertiary/aromatic N) is 3. The van der Waals surface area contributed by atoms with Crippen LogP contribution in [0.1, 0.15) is 25.7 Å². The zero-order chi connectivity index (χ0) is 16.1. The van der Waals surface area contributed by atoms with Crippen molar-refractivity contribution in [2.75, 3.05) is 65.6 Å². The van der Waals surface area contributed by atoms with E-state index in [-0.39, 0.29) is 6.10 Å². The van der Waals surface area contributed by atoms with E-state index in [1.165, 1.54) is 0 Å². The fourth-order valence-corrected chi connectivity index (χ4v) is 5.23. The molecular formula is C15H29N3O4S. The van der Waals surface area contributed by atoms with Crippen LogP contribution in [0.2, 0.25) is 0 Å². The summed E-state index contributed by atoms with van der Waals surface area (Å²) in [6, 6.07) is 0. The van der Waals surface area contributed by atoms with Gasteiger partial charge in [-0.15, -0.1) is 0 Å². The molecule has 23 heavy (non-hydrogen) atoms. The summed E-state index contributed by atoms with van der Waals surface area (Å²) < 4.78 is 39.7. The highest BCUT2D eigenvalue weighted by molar-refractivity contribution is 7.86. The van der Waals surface area contributed by atoms with Crippen molar-refractivity contribution in [3.63, 3.8) is 0 Å². The summed E-state index contributed by atoms with van der Waals surface area (Å²) in [6.45, 7) is 7.38. The smallest absolute Gasteiger partial charge is 0.282 e. The largest absolute Gasteiger partial charge is 0.376 e. The van der Waals surface area contributed by atoms with Crippen molar-refractivity contribution in [2.24, 2.45) is 0 Å². The first-order chi connectivity index (χ1) is 11.2. The van der Waals surface area contributed by atoms with Crippen molar-refractivity contribution in [1.82, 2.24) is 13.5 Å². The first-order valence-corrected chi connectivity index (χ1v) is 10.2. The van der Waals surface area contributed by atoms with Crippen LogP contribution in [0.3, 0.4) is 0 Å². The van der Waals surface area contributed by atoms with Crippen LogP contribution in [0, 0.1) is 0 Å². The van der Waals surface area contributed by atoms with Crippen molar-refractivity contribution in [1.29, 1.82) is 0 Å². The normalized spacial score (nSPS) is 29.7.